The molecule has 1 aliphatic heterocycles. The minimum atomic E-state index is -4.12. The predicted molar refractivity (Wildman–Crippen MR) is 79.1 cm³/mol. The van der Waals surface area contributed by atoms with E-state index in [2.05, 4.69) is 0 Å². The average molecular weight is 388 g/mol. The van der Waals surface area contributed by atoms with Gasteiger partial charge in [-0.15, -0.1) is 0 Å². The van der Waals surface area contributed by atoms with Crippen LogP contribution in [0.4, 0.5) is 0 Å². The average Bonchev–Trinajstić information content (AvgIpc) is 2.60. The third kappa shape index (κ3) is 3.16. The van der Waals surface area contributed by atoms with Crippen molar-refractivity contribution in [2.24, 2.45) is 0 Å². The molecule has 2 rings (SSSR count). The number of nitrogens with zero attached hydrogens (tertiary/aromatic N) is 1. The van der Waals surface area contributed by atoms with Gasteiger partial charge < -0.3 is 10.4 Å². The summed E-state index contributed by atoms with van der Waals surface area (Å²) in [5, 5.41) is 11.3. The number of fused-ring (bicyclic) bond motifs is 1. The number of carbonyl (C=O) groups is 2. The van der Waals surface area contributed by atoms with E-state index in [1.807, 2.05) is 5.32 Å². The fraction of sp³-hybridized carbons (Fsp3) is 0.273. The number of benzene rings is 1. The van der Waals surface area contributed by atoms with Gasteiger partial charge >= 0.3 is 0 Å². The van der Waals surface area contributed by atoms with Crippen molar-refractivity contribution in [3.63, 3.8) is 0 Å². The molecule has 11 heteroatoms. The van der Waals surface area contributed by atoms with Crippen LogP contribution >= 0.6 is 34.8 Å². The second kappa shape index (κ2) is 5.86. The number of alkyl halides is 3. The Morgan fingerprint density at radius 3 is 2.45 bits per heavy atom. The molecule has 120 valence electrons. The number of carbonyl (C=O) groups excluding carboxylic acids is 2. The number of nitrogens with one attached hydrogen (secondary N) is 1. The summed E-state index contributed by atoms with van der Waals surface area (Å²) in [7, 11) is -4.12. The first-order valence-electron chi connectivity index (χ1n) is 5.75. The van der Waals surface area contributed by atoms with Gasteiger partial charge in [-0.3, -0.25) is 9.59 Å². The second-order valence-corrected chi connectivity index (χ2v) is 8.52. The van der Waals surface area contributed by atoms with E-state index >= 15 is 0 Å². The van der Waals surface area contributed by atoms with Crippen molar-refractivity contribution in [3.05, 3.63) is 29.8 Å². The number of sulfonamides is 1. The number of hydrogen-bond acceptors (Lipinski definition) is 5. The van der Waals surface area contributed by atoms with E-state index in [1.165, 1.54) is 24.3 Å². The van der Waals surface area contributed by atoms with Crippen LogP contribution in [0.15, 0.2) is 29.2 Å². The van der Waals surface area contributed by atoms with Crippen LogP contribution in [0.5, 0.6) is 0 Å². The first-order chi connectivity index (χ1) is 10.0. The van der Waals surface area contributed by atoms with E-state index in [0.717, 1.165) is 0 Å². The maximum absolute atomic E-state index is 12.2. The fourth-order valence-corrected chi connectivity index (χ4v) is 3.49. The first kappa shape index (κ1) is 17.3. The maximum Gasteiger partial charge on any atom is 0.269 e. The van der Waals surface area contributed by atoms with Crippen molar-refractivity contribution < 1.29 is 23.1 Å². The topological polar surface area (TPSA) is 104 Å². The molecule has 7 nitrogen and oxygen atoms in total. The Hall–Kier alpha value is -1.06. The van der Waals surface area contributed by atoms with Gasteiger partial charge in [-0.2, -0.15) is 0 Å². The van der Waals surface area contributed by atoms with Gasteiger partial charge in [-0.25, -0.2) is 12.7 Å². The van der Waals surface area contributed by atoms with Crippen molar-refractivity contribution in [3.8, 4) is 0 Å². The number of halogens is 3. The van der Waals surface area contributed by atoms with E-state index in [-0.39, 0.29) is 10.5 Å². The zero-order valence-electron chi connectivity index (χ0n) is 10.7. The van der Waals surface area contributed by atoms with Gasteiger partial charge in [0.15, 0.2) is 6.23 Å². The molecule has 0 saturated heterocycles. The lowest BCUT2D eigenvalue weighted by atomic mass is 10.2. The summed E-state index contributed by atoms with van der Waals surface area (Å²) in [5.41, 5.74) is -0.0303. The quantitative estimate of drug-likeness (QED) is 0.585. The molecule has 1 unspecified atom stereocenters. The minimum Gasteiger partial charge on any atom is -0.369 e. The van der Waals surface area contributed by atoms with Crippen LogP contribution in [0.3, 0.4) is 0 Å². The molecule has 1 aromatic carbocycles. The summed E-state index contributed by atoms with van der Waals surface area (Å²) in [6, 6.07) is 5.56. The molecule has 1 atom stereocenters. The zero-order chi connectivity index (χ0) is 16.7. The van der Waals surface area contributed by atoms with E-state index in [0.29, 0.717) is 4.31 Å². The molecule has 0 fully saturated rings. The number of amides is 2. The van der Waals surface area contributed by atoms with Crippen LogP contribution in [-0.2, 0) is 14.8 Å². The Bertz CT molecular complexity index is 731. The number of rotatable bonds is 3. The van der Waals surface area contributed by atoms with Gasteiger partial charge in [0.05, 0.1) is 5.56 Å². The van der Waals surface area contributed by atoms with Crippen molar-refractivity contribution in [1.29, 1.82) is 0 Å². The van der Waals surface area contributed by atoms with E-state index in [1.54, 1.807) is 0 Å². The van der Waals surface area contributed by atoms with Gasteiger partial charge in [0, 0.05) is 0 Å². The molecule has 0 saturated carbocycles. The van der Waals surface area contributed by atoms with Crippen LogP contribution in [0.25, 0.3) is 0 Å². The molecular formula is C11H9Cl3N2O5S. The molecule has 0 radical (unpaired) electrons. The van der Waals surface area contributed by atoms with Crippen molar-refractivity contribution in [1.82, 2.24) is 9.62 Å². The third-order valence-electron chi connectivity index (χ3n) is 2.81. The van der Waals surface area contributed by atoms with Crippen molar-refractivity contribution in [2.75, 3.05) is 6.54 Å². The lowest BCUT2D eigenvalue weighted by Crippen LogP contribution is -2.48. The summed E-state index contributed by atoms with van der Waals surface area (Å²) >= 11 is 16.1. The lowest BCUT2D eigenvalue weighted by molar-refractivity contribution is -0.123. The number of hydrogen-bond donors (Lipinski definition) is 2. The predicted octanol–water partition coefficient (Wildman–Crippen LogP) is 0.636. The molecule has 0 spiro atoms. The third-order valence-corrected chi connectivity index (χ3v) is 5.21. The molecule has 2 amide bonds. The van der Waals surface area contributed by atoms with Gasteiger partial charge in [-0.05, 0) is 12.1 Å². The molecule has 1 aliphatic rings. The molecule has 22 heavy (non-hydrogen) atoms. The Balaban J connectivity index is 2.19. The number of aliphatic hydroxyl groups is 1. The fourth-order valence-electron chi connectivity index (χ4n) is 1.80. The van der Waals surface area contributed by atoms with Gasteiger partial charge in [0.2, 0.25) is 9.70 Å². The highest BCUT2D eigenvalue weighted by Crippen LogP contribution is 2.30. The molecule has 0 bridgehead atoms. The molecule has 1 heterocycles. The molecule has 1 aromatic rings. The normalized spacial score (nSPS) is 18.0. The summed E-state index contributed by atoms with van der Waals surface area (Å²) in [4.78, 5) is 23.6. The first-order valence-corrected chi connectivity index (χ1v) is 8.33. The maximum atomic E-state index is 12.2. The summed E-state index contributed by atoms with van der Waals surface area (Å²) in [5.74, 6) is -1.84. The largest absolute Gasteiger partial charge is 0.369 e. The van der Waals surface area contributed by atoms with Crippen LogP contribution in [0.1, 0.15) is 10.4 Å². The second-order valence-electron chi connectivity index (χ2n) is 4.32. The van der Waals surface area contributed by atoms with Gasteiger partial charge in [0.25, 0.3) is 15.9 Å². The molecular weight excluding hydrogens is 379 g/mol. The van der Waals surface area contributed by atoms with Crippen molar-refractivity contribution in [2.45, 2.75) is 14.9 Å². The molecule has 2 N–H and O–H groups in total. The summed E-state index contributed by atoms with van der Waals surface area (Å²) < 4.78 is 22.6. The SMILES string of the molecule is O=C(CN1C(=O)c2ccccc2S1(=O)=O)NC(O)C(Cl)(Cl)Cl. The lowest BCUT2D eigenvalue weighted by Gasteiger charge is -2.21. The Labute approximate surface area is 140 Å². The van der Waals surface area contributed by atoms with Gasteiger partial charge in [0.1, 0.15) is 11.4 Å². The highest BCUT2D eigenvalue weighted by Gasteiger charge is 2.42. The Morgan fingerprint density at radius 2 is 1.91 bits per heavy atom. The highest BCUT2D eigenvalue weighted by molar-refractivity contribution is 7.90. The van der Waals surface area contributed by atoms with Crippen LogP contribution < -0.4 is 5.32 Å². The van der Waals surface area contributed by atoms with E-state index in [9.17, 15) is 23.1 Å². The minimum absolute atomic E-state index is 0.0303. The molecule has 0 aromatic heterocycles. The van der Waals surface area contributed by atoms with Gasteiger partial charge in [-0.1, -0.05) is 46.9 Å². The van der Waals surface area contributed by atoms with E-state index < -0.39 is 38.4 Å². The Morgan fingerprint density at radius 1 is 1.32 bits per heavy atom. The smallest absolute Gasteiger partial charge is 0.269 e. The highest BCUT2D eigenvalue weighted by atomic mass is 35.6. The molecule has 0 aliphatic carbocycles. The number of aliphatic hydroxyl groups excluding tert-OH is 1. The summed E-state index contributed by atoms with van der Waals surface area (Å²) in [6.45, 7) is -0.840. The van der Waals surface area contributed by atoms with Crippen molar-refractivity contribution >= 4 is 56.6 Å². The van der Waals surface area contributed by atoms with E-state index in [4.69, 9.17) is 34.8 Å². The van der Waals surface area contributed by atoms with Crippen LogP contribution in [-0.4, -0.2) is 46.2 Å². The zero-order valence-corrected chi connectivity index (χ0v) is 13.7. The van der Waals surface area contributed by atoms with Crippen LogP contribution in [0, 0.1) is 0 Å². The standard InChI is InChI=1S/C11H9Cl3N2O5S/c12-11(13,14)10(19)15-8(17)5-16-9(18)6-3-1-2-4-7(6)22(16,20)21/h1-4,10,19H,5H2,(H,15,17). The summed E-state index contributed by atoms with van der Waals surface area (Å²) in [6.07, 6.45) is -1.85. The van der Waals surface area contributed by atoms with Crippen LogP contribution in [0.2, 0.25) is 0 Å². The monoisotopic (exact) mass is 386 g/mol. The Kier molecular flexibility index (Phi) is 4.61.